The molecule has 0 aromatic carbocycles. The van der Waals surface area contributed by atoms with Crippen LogP contribution < -0.4 is 5.32 Å². The van der Waals surface area contributed by atoms with Gasteiger partial charge in [-0.25, -0.2) is 4.68 Å². The summed E-state index contributed by atoms with van der Waals surface area (Å²) in [5, 5.41) is 15.5. The summed E-state index contributed by atoms with van der Waals surface area (Å²) < 4.78 is 7.32. The molecule has 108 valence electrons. The van der Waals surface area contributed by atoms with Gasteiger partial charge in [0.05, 0.1) is 6.04 Å². The number of ether oxygens (including phenoxy) is 1. The van der Waals surface area contributed by atoms with E-state index in [1.165, 1.54) is 6.42 Å². The smallest absolute Gasteiger partial charge is 0.167 e. The van der Waals surface area contributed by atoms with E-state index in [1.54, 1.807) is 0 Å². The van der Waals surface area contributed by atoms with Crippen molar-refractivity contribution in [3.8, 4) is 0 Å². The van der Waals surface area contributed by atoms with E-state index in [9.17, 15) is 0 Å². The quantitative estimate of drug-likeness (QED) is 0.809. The molecule has 2 heterocycles. The van der Waals surface area contributed by atoms with Gasteiger partial charge in [0.25, 0.3) is 0 Å². The van der Waals surface area contributed by atoms with Crippen molar-refractivity contribution in [1.82, 2.24) is 25.5 Å². The van der Waals surface area contributed by atoms with Gasteiger partial charge in [0.15, 0.2) is 5.82 Å². The molecule has 2 atom stereocenters. The molecule has 1 aromatic heterocycles. The second kappa shape index (κ2) is 6.96. The van der Waals surface area contributed by atoms with Crippen molar-refractivity contribution in [2.24, 2.45) is 11.8 Å². The Balaban J connectivity index is 1.85. The molecule has 0 spiro atoms. The zero-order valence-corrected chi connectivity index (χ0v) is 12.2. The van der Waals surface area contributed by atoms with E-state index in [0.717, 1.165) is 38.5 Å². The Hall–Kier alpha value is -1.01. The molecule has 6 heteroatoms. The van der Waals surface area contributed by atoms with E-state index < -0.39 is 0 Å². The fourth-order valence-electron chi connectivity index (χ4n) is 2.30. The number of nitrogens with zero attached hydrogens (tertiary/aromatic N) is 4. The van der Waals surface area contributed by atoms with Crippen molar-refractivity contribution in [1.29, 1.82) is 0 Å². The molecule has 0 amide bonds. The van der Waals surface area contributed by atoms with Crippen LogP contribution in [0.5, 0.6) is 0 Å². The Morgan fingerprint density at radius 1 is 1.42 bits per heavy atom. The summed E-state index contributed by atoms with van der Waals surface area (Å²) in [5.74, 6) is 2.22. The standard InChI is InChI=1S/C13H25N5O/c1-10(2)8-14-11(3)13-15-16-17-18(13)6-4-12-5-7-19-9-12/h10-12,14H,4-9H2,1-3H3. The summed E-state index contributed by atoms with van der Waals surface area (Å²) in [4.78, 5) is 0. The van der Waals surface area contributed by atoms with Gasteiger partial charge in [0, 0.05) is 19.8 Å². The Morgan fingerprint density at radius 2 is 2.26 bits per heavy atom. The SMILES string of the molecule is CC(C)CNC(C)c1nnnn1CCC1CCOC1. The number of hydrogen-bond acceptors (Lipinski definition) is 5. The fraction of sp³-hybridized carbons (Fsp3) is 0.923. The lowest BCUT2D eigenvalue weighted by molar-refractivity contribution is 0.182. The minimum absolute atomic E-state index is 0.192. The third kappa shape index (κ3) is 4.24. The molecule has 0 bridgehead atoms. The fourth-order valence-corrected chi connectivity index (χ4v) is 2.30. The second-order valence-corrected chi connectivity index (χ2v) is 5.80. The van der Waals surface area contributed by atoms with Crippen LogP contribution in [0.3, 0.4) is 0 Å². The van der Waals surface area contributed by atoms with Crippen LogP contribution in [0.25, 0.3) is 0 Å². The predicted octanol–water partition coefficient (Wildman–Crippen LogP) is 1.41. The van der Waals surface area contributed by atoms with Crippen LogP contribution in [-0.4, -0.2) is 40.0 Å². The van der Waals surface area contributed by atoms with Gasteiger partial charge in [-0.2, -0.15) is 0 Å². The maximum absolute atomic E-state index is 5.40. The zero-order valence-electron chi connectivity index (χ0n) is 12.2. The van der Waals surface area contributed by atoms with Gasteiger partial charge in [-0.15, -0.1) is 5.10 Å². The molecule has 6 nitrogen and oxygen atoms in total. The van der Waals surface area contributed by atoms with Crippen LogP contribution >= 0.6 is 0 Å². The van der Waals surface area contributed by atoms with Gasteiger partial charge in [0.2, 0.25) is 0 Å². The van der Waals surface area contributed by atoms with Gasteiger partial charge in [0.1, 0.15) is 0 Å². The lowest BCUT2D eigenvalue weighted by Crippen LogP contribution is -2.26. The van der Waals surface area contributed by atoms with Gasteiger partial charge < -0.3 is 10.1 Å². The molecule has 1 N–H and O–H groups in total. The number of tetrazole rings is 1. The van der Waals surface area contributed by atoms with E-state index >= 15 is 0 Å². The first-order valence-corrected chi connectivity index (χ1v) is 7.24. The maximum atomic E-state index is 5.40. The monoisotopic (exact) mass is 267 g/mol. The van der Waals surface area contributed by atoms with Crippen LogP contribution in [0.1, 0.15) is 45.5 Å². The van der Waals surface area contributed by atoms with E-state index in [-0.39, 0.29) is 6.04 Å². The average molecular weight is 267 g/mol. The Morgan fingerprint density at radius 3 is 2.95 bits per heavy atom. The lowest BCUT2D eigenvalue weighted by atomic mass is 10.1. The Kier molecular flexibility index (Phi) is 5.27. The van der Waals surface area contributed by atoms with Gasteiger partial charge in [-0.3, -0.25) is 0 Å². The highest BCUT2D eigenvalue weighted by Crippen LogP contribution is 2.18. The molecular weight excluding hydrogens is 242 g/mol. The molecule has 0 radical (unpaired) electrons. The molecule has 1 saturated heterocycles. The van der Waals surface area contributed by atoms with Crippen LogP contribution in [0.15, 0.2) is 0 Å². The number of hydrogen-bond donors (Lipinski definition) is 1. The summed E-state index contributed by atoms with van der Waals surface area (Å²) in [6.07, 6.45) is 2.26. The van der Waals surface area contributed by atoms with Crippen molar-refractivity contribution in [3.05, 3.63) is 5.82 Å². The molecule has 2 rings (SSSR count). The van der Waals surface area contributed by atoms with Crippen molar-refractivity contribution in [2.75, 3.05) is 19.8 Å². The van der Waals surface area contributed by atoms with Gasteiger partial charge in [-0.1, -0.05) is 13.8 Å². The Bertz CT molecular complexity index is 373. The number of nitrogens with one attached hydrogen (secondary N) is 1. The van der Waals surface area contributed by atoms with E-state index in [0.29, 0.717) is 11.8 Å². The van der Waals surface area contributed by atoms with E-state index in [4.69, 9.17) is 4.74 Å². The molecule has 2 unspecified atom stereocenters. The van der Waals surface area contributed by atoms with Crippen LogP contribution in [0.2, 0.25) is 0 Å². The van der Waals surface area contributed by atoms with Crippen molar-refractivity contribution >= 4 is 0 Å². The summed E-state index contributed by atoms with van der Waals surface area (Å²) in [6.45, 7) is 10.2. The highest BCUT2D eigenvalue weighted by molar-refractivity contribution is 4.89. The van der Waals surface area contributed by atoms with Crippen molar-refractivity contribution < 1.29 is 4.74 Å². The van der Waals surface area contributed by atoms with Crippen molar-refractivity contribution in [2.45, 2.75) is 46.2 Å². The van der Waals surface area contributed by atoms with Gasteiger partial charge in [-0.05, 0) is 48.6 Å². The predicted molar refractivity (Wildman–Crippen MR) is 72.6 cm³/mol. The first kappa shape index (κ1) is 14.4. The summed E-state index contributed by atoms with van der Waals surface area (Å²) in [5.41, 5.74) is 0. The van der Waals surface area contributed by atoms with E-state index in [2.05, 4.69) is 41.6 Å². The molecule has 0 aliphatic carbocycles. The molecule has 0 saturated carbocycles. The summed E-state index contributed by atoms with van der Waals surface area (Å²) in [7, 11) is 0. The first-order chi connectivity index (χ1) is 9.16. The zero-order chi connectivity index (χ0) is 13.7. The van der Waals surface area contributed by atoms with Crippen LogP contribution in [0, 0.1) is 11.8 Å². The van der Waals surface area contributed by atoms with Gasteiger partial charge >= 0.3 is 0 Å². The number of rotatable bonds is 7. The molecule has 1 aromatic rings. The van der Waals surface area contributed by atoms with Crippen LogP contribution in [0.4, 0.5) is 0 Å². The molecular formula is C13H25N5O. The average Bonchev–Trinajstić information content (AvgIpc) is 3.04. The topological polar surface area (TPSA) is 64.9 Å². The van der Waals surface area contributed by atoms with Crippen LogP contribution in [-0.2, 0) is 11.3 Å². The largest absolute Gasteiger partial charge is 0.381 e. The summed E-state index contributed by atoms with van der Waals surface area (Å²) >= 11 is 0. The third-order valence-corrected chi connectivity index (χ3v) is 3.55. The molecule has 1 aliphatic rings. The minimum Gasteiger partial charge on any atom is -0.381 e. The minimum atomic E-state index is 0.192. The number of aromatic nitrogens is 4. The normalized spacial score (nSPS) is 21.2. The molecule has 1 aliphatic heterocycles. The van der Waals surface area contributed by atoms with Crippen molar-refractivity contribution in [3.63, 3.8) is 0 Å². The summed E-state index contributed by atoms with van der Waals surface area (Å²) in [6, 6.07) is 0.192. The number of aryl methyl sites for hydroxylation is 1. The maximum Gasteiger partial charge on any atom is 0.167 e. The highest BCUT2D eigenvalue weighted by atomic mass is 16.5. The highest BCUT2D eigenvalue weighted by Gasteiger charge is 2.18. The van der Waals surface area contributed by atoms with E-state index in [1.807, 2.05) is 4.68 Å². The molecule has 19 heavy (non-hydrogen) atoms. The lowest BCUT2D eigenvalue weighted by Gasteiger charge is -2.15. The second-order valence-electron chi connectivity index (χ2n) is 5.80. The molecule has 1 fully saturated rings. The first-order valence-electron chi connectivity index (χ1n) is 7.24. The Labute approximate surface area is 114 Å². The third-order valence-electron chi connectivity index (χ3n) is 3.55.